The van der Waals surface area contributed by atoms with E-state index >= 15 is 0 Å². The molecule has 2 aromatic heterocycles. The molecule has 8 nitrogen and oxygen atoms in total. The summed E-state index contributed by atoms with van der Waals surface area (Å²) in [7, 11) is 0. The Morgan fingerprint density at radius 1 is 1.31 bits per heavy atom. The second-order valence-electron chi connectivity index (χ2n) is 8.70. The lowest BCUT2D eigenvalue weighted by Crippen LogP contribution is -2.46. The molecule has 1 atom stereocenters. The third-order valence-electron chi connectivity index (χ3n) is 4.99. The van der Waals surface area contributed by atoms with Crippen molar-refractivity contribution < 1.29 is 14.3 Å². The van der Waals surface area contributed by atoms with Crippen LogP contribution in [0, 0.1) is 14.9 Å². The van der Waals surface area contributed by atoms with Gasteiger partial charge in [-0.25, -0.2) is 9.31 Å². The van der Waals surface area contributed by atoms with Crippen LogP contribution in [-0.2, 0) is 4.74 Å². The van der Waals surface area contributed by atoms with Crippen LogP contribution in [0.4, 0.5) is 4.79 Å². The molecular weight excluding hydrogens is 521 g/mol. The van der Waals surface area contributed by atoms with E-state index in [0.29, 0.717) is 30.2 Å². The van der Waals surface area contributed by atoms with Crippen LogP contribution in [-0.4, -0.2) is 50.4 Å². The summed E-state index contributed by atoms with van der Waals surface area (Å²) < 4.78 is 14.2. The quantitative estimate of drug-likeness (QED) is 0.445. The third-order valence-corrected chi connectivity index (χ3v) is 5.98. The molecule has 0 spiro atoms. The van der Waals surface area contributed by atoms with E-state index < -0.39 is 5.60 Å². The van der Waals surface area contributed by atoms with Gasteiger partial charge in [-0.3, -0.25) is 0 Å². The van der Waals surface area contributed by atoms with Crippen LogP contribution in [0.1, 0.15) is 39.2 Å². The molecule has 32 heavy (non-hydrogen) atoms. The Hall–Kier alpha value is -2.87. The van der Waals surface area contributed by atoms with Gasteiger partial charge in [0.15, 0.2) is 5.65 Å². The number of amides is 1. The molecule has 1 aliphatic heterocycles. The Kier molecular flexibility index (Phi) is 6.24. The van der Waals surface area contributed by atoms with Crippen molar-refractivity contribution in [3.05, 3.63) is 45.7 Å². The number of fused-ring (bicyclic) bond motifs is 1. The molecule has 1 aromatic carbocycles. The SMILES string of the molecule is CC(C)(C)OC(=O)N1CCC[C@H](Oc2ccn3nc(-c4cccc(C#N)c4)c(I)c3n2)C1. The van der Waals surface area contributed by atoms with E-state index in [1.807, 2.05) is 45.2 Å². The van der Waals surface area contributed by atoms with Crippen molar-refractivity contribution in [2.24, 2.45) is 0 Å². The smallest absolute Gasteiger partial charge is 0.410 e. The monoisotopic (exact) mass is 545 g/mol. The number of halogens is 1. The molecule has 3 aromatic rings. The highest BCUT2D eigenvalue weighted by molar-refractivity contribution is 14.1. The number of nitriles is 1. The van der Waals surface area contributed by atoms with Crippen molar-refractivity contribution >= 4 is 34.3 Å². The van der Waals surface area contributed by atoms with E-state index in [2.05, 4.69) is 38.7 Å². The lowest BCUT2D eigenvalue weighted by Gasteiger charge is -2.33. The molecule has 0 unspecified atom stereocenters. The van der Waals surface area contributed by atoms with E-state index in [9.17, 15) is 10.1 Å². The fraction of sp³-hybridized carbons (Fsp3) is 0.391. The van der Waals surface area contributed by atoms with Crippen molar-refractivity contribution in [2.45, 2.75) is 45.3 Å². The molecule has 9 heteroatoms. The zero-order valence-corrected chi connectivity index (χ0v) is 20.4. The maximum absolute atomic E-state index is 12.4. The van der Waals surface area contributed by atoms with Crippen LogP contribution in [0.2, 0.25) is 0 Å². The van der Waals surface area contributed by atoms with Crippen LogP contribution in [0.5, 0.6) is 5.88 Å². The number of aromatic nitrogens is 3. The average molecular weight is 545 g/mol. The highest BCUT2D eigenvalue weighted by Gasteiger charge is 2.29. The molecule has 4 rings (SSSR count). The number of nitrogens with zero attached hydrogens (tertiary/aromatic N) is 5. The van der Waals surface area contributed by atoms with E-state index in [0.717, 1.165) is 27.7 Å². The van der Waals surface area contributed by atoms with Crippen LogP contribution in [0.15, 0.2) is 36.5 Å². The minimum atomic E-state index is -0.527. The number of rotatable bonds is 3. The van der Waals surface area contributed by atoms with Crippen LogP contribution in [0.3, 0.4) is 0 Å². The summed E-state index contributed by atoms with van der Waals surface area (Å²) in [4.78, 5) is 18.8. The van der Waals surface area contributed by atoms with E-state index in [1.165, 1.54) is 0 Å². The predicted octanol–water partition coefficient (Wildman–Crippen LogP) is 4.65. The maximum atomic E-state index is 12.4. The second-order valence-corrected chi connectivity index (χ2v) is 9.78. The van der Waals surface area contributed by atoms with Crippen molar-refractivity contribution in [3.63, 3.8) is 0 Å². The van der Waals surface area contributed by atoms with E-state index in [1.54, 1.807) is 21.5 Å². The summed E-state index contributed by atoms with van der Waals surface area (Å²) in [5, 5.41) is 13.8. The van der Waals surface area contributed by atoms with Gasteiger partial charge in [-0.05, 0) is 68.3 Å². The number of likely N-dealkylation sites (tertiary alicyclic amines) is 1. The number of carbonyl (C=O) groups is 1. The fourth-order valence-corrected chi connectivity index (χ4v) is 4.36. The molecule has 1 saturated heterocycles. The van der Waals surface area contributed by atoms with Gasteiger partial charge in [-0.15, -0.1) is 0 Å². The second kappa shape index (κ2) is 8.94. The maximum Gasteiger partial charge on any atom is 0.410 e. The largest absolute Gasteiger partial charge is 0.472 e. The molecule has 0 N–H and O–H groups in total. The Morgan fingerprint density at radius 3 is 2.88 bits per heavy atom. The molecular formula is C23H24IN5O3. The van der Waals surface area contributed by atoms with Crippen LogP contribution in [0.25, 0.3) is 16.9 Å². The lowest BCUT2D eigenvalue weighted by atomic mass is 10.1. The summed E-state index contributed by atoms with van der Waals surface area (Å²) in [6, 6.07) is 11.3. The predicted molar refractivity (Wildman–Crippen MR) is 127 cm³/mol. The molecule has 0 radical (unpaired) electrons. The number of benzene rings is 1. The van der Waals surface area contributed by atoms with E-state index in [4.69, 9.17) is 9.47 Å². The first kappa shape index (κ1) is 22.3. The summed E-state index contributed by atoms with van der Waals surface area (Å²) >= 11 is 2.22. The van der Waals surface area contributed by atoms with Crippen LogP contribution < -0.4 is 4.74 Å². The summed E-state index contributed by atoms with van der Waals surface area (Å²) in [6.45, 7) is 6.71. The molecule has 1 amide bonds. The van der Waals surface area contributed by atoms with Gasteiger partial charge < -0.3 is 14.4 Å². The van der Waals surface area contributed by atoms with Gasteiger partial charge >= 0.3 is 6.09 Å². The van der Waals surface area contributed by atoms with Crippen molar-refractivity contribution in [1.29, 1.82) is 5.26 Å². The van der Waals surface area contributed by atoms with Gasteiger partial charge in [0.25, 0.3) is 0 Å². The first-order valence-electron chi connectivity index (χ1n) is 10.4. The van der Waals surface area contributed by atoms with Gasteiger partial charge in [0, 0.05) is 24.4 Å². The van der Waals surface area contributed by atoms with Gasteiger partial charge in [0.2, 0.25) is 5.88 Å². The first-order chi connectivity index (χ1) is 15.2. The number of piperidine rings is 1. The fourth-order valence-electron chi connectivity index (χ4n) is 3.57. The van der Waals surface area contributed by atoms with Gasteiger partial charge in [-0.2, -0.15) is 15.3 Å². The normalized spacial score (nSPS) is 16.6. The summed E-state index contributed by atoms with van der Waals surface area (Å²) in [6.07, 6.45) is 3.03. The van der Waals surface area contributed by atoms with Crippen LogP contribution >= 0.6 is 22.6 Å². The zero-order valence-electron chi connectivity index (χ0n) is 18.2. The summed E-state index contributed by atoms with van der Waals surface area (Å²) in [5.74, 6) is 0.490. The molecule has 0 saturated carbocycles. The first-order valence-corrected chi connectivity index (χ1v) is 11.5. The minimum absolute atomic E-state index is 0.154. The number of carbonyl (C=O) groups excluding carboxylic acids is 1. The molecule has 0 aliphatic carbocycles. The van der Waals surface area contributed by atoms with E-state index in [-0.39, 0.29) is 12.2 Å². The summed E-state index contributed by atoms with van der Waals surface area (Å²) in [5.41, 5.74) is 2.36. The number of hydrogen-bond donors (Lipinski definition) is 0. The number of hydrogen-bond acceptors (Lipinski definition) is 6. The highest BCUT2D eigenvalue weighted by Crippen LogP contribution is 2.28. The highest BCUT2D eigenvalue weighted by atomic mass is 127. The molecule has 166 valence electrons. The van der Waals surface area contributed by atoms with Crippen molar-refractivity contribution in [2.75, 3.05) is 13.1 Å². The molecule has 0 bridgehead atoms. The molecule has 1 aliphatic rings. The third kappa shape index (κ3) is 4.96. The Labute approximate surface area is 200 Å². The lowest BCUT2D eigenvalue weighted by molar-refractivity contribution is 0.00723. The van der Waals surface area contributed by atoms with Gasteiger partial charge in [0.05, 0.1) is 21.7 Å². The Balaban J connectivity index is 1.52. The Bertz CT molecular complexity index is 1190. The number of ether oxygens (including phenoxy) is 2. The van der Waals surface area contributed by atoms with Crippen molar-refractivity contribution in [3.8, 4) is 23.2 Å². The van der Waals surface area contributed by atoms with Crippen molar-refractivity contribution in [1.82, 2.24) is 19.5 Å². The van der Waals surface area contributed by atoms with Gasteiger partial charge in [-0.1, -0.05) is 12.1 Å². The topological polar surface area (TPSA) is 92.7 Å². The minimum Gasteiger partial charge on any atom is -0.472 e. The van der Waals surface area contributed by atoms with Gasteiger partial charge in [0.1, 0.15) is 17.4 Å². The molecule has 1 fully saturated rings. The Morgan fingerprint density at radius 2 is 2.12 bits per heavy atom. The average Bonchev–Trinajstić information content (AvgIpc) is 3.09. The standard InChI is InChI=1S/C23H24IN5O3/c1-23(2,3)32-22(30)28-10-5-8-17(14-28)31-18-9-11-29-21(26-18)19(24)20(27-29)16-7-4-6-15(12-16)13-25/h4,6-7,9,11-12,17H,5,8,10,14H2,1-3H3/t17-/m0/s1. The zero-order chi connectivity index (χ0) is 22.9. The molecule has 3 heterocycles.